The lowest BCUT2D eigenvalue weighted by Gasteiger charge is -2.14. The second-order valence-corrected chi connectivity index (χ2v) is 7.11. The quantitative estimate of drug-likeness (QED) is 0.714. The van der Waals surface area contributed by atoms with Gasteiger partial charge in [-0.25, -0.2) is 0 Å². The van der Waals surface area contributed by atoms with Crippen LogP contribution in [0.15, 0.2) is 53.4 Å². The summed E-state index contributed by atoms with van der Waals surface area (Å²) in [5, 5.41) is 5.74. The Kier molecular flexibility index (Phi) is 7.07. The van der Waals surface area contributed by atoms with E-state index in [1.165, 1.54) is 0 Å². The van der Waals surface area contributed by atoms with Gasteiger partial charge in [0.05, 0.1) is 16.8 Å². The molecule has 132 valence electrons. The monoisotopic (exact) mass is 356 g/mol. The van der Waals surface area contributed by atoms with E-state index in [2.05, 4.69) is 17.6 Å². The fourth-order valence-corrected chi connectivity index (χ4v) is 3.23. The fourth-order valence-electron chi connectivity index (χ4n) is 2.31. The van der Waals surface area contributed by atoms with Crippen LogP contribution in [0.5, 0.6) is 0 Å². The predicted octanol–water partition coefficient (Wildman–Crippen LogP) is 4.58. The van der Waals surface area contributed by atoms with Gasteiger partial charge >= 0.3 is 0 Å². The summed E-state index contributed by atoms with van der Waals surface area (Å²) < 4.78 is 0. The highest BCUT2D eigenvalue weighted by Gasteiger charge is 2.16. The molecule has 4 nitrogen and oxygen atoms in total. The molecular formula is C20H24N2O2S. The van der Waals surface area contributed by atoms with E-state index in [4.69, 9.17) is 0 Å². The van der Waals surface area contributed by atoms with Gasteiger partial charge in [0.15, 0.2) is 0 Å². The van der Waals surface area contributed by atoms with E-state index in [1.807, 2.05) is 38.1 Å². The Hall–Kier alpha value is -2.27. The Balaban J connectivity index is 2.23. The van der Waals surface area contributed by atoms with Crippen molar-refractivity contribution >= 4 is 29.3 Å². The summed E-state index contributed by atoms with van der Waals surface area (Å²) in [5.74, 6) is 0.557. The number of carbonyl (C=O) groups excluding carboxylic acids is 2. The molecule has 0 saturated carbocycles. The van der Waals surface area contributed by atoms with Gasteiger partial charge in [-0.2, -0.15) is 0 Å². The van der Waals surface area contributed by atoms with Gasteiger partial charge in [0.25, 0.3) is 11.8 Å². The van der Waals surface area contributed by atoms with Crippen molar-refractivity contribution in [2.24, 2.45) is 0 Å². The highest BCUT2D eigenvalue weighted by atomic mass is 32.2. The van der Waals surface area contributed by atoms with Crippen LogP contribution in [0.4, 0.5) is 5.69 Å². The molecule has 0 aliphatic rings. The smallest absolute Gasteiger partial charge is 0.256 e. The summed E-state index contributed by atoms with van der Waals surface area (Å²) in [6.07, 6.45) is 1.04. The van der Waals surface area contributed by atoms with Gasteiger partial charge in [0.2, 0.25) is 0 Å². The minimum Gasteiger partial charge on any atom is -0.350 e. The maximum Gasteiger partial charge on any atom is 0.256 e. The molecule has 0 spiro atoms. The molecule has 5 heteroatoms. The van der Waals surface area contributed by atoms with E-state index < -0.39 is 0 Å². The average Bonchev–Trinajstić information content (AvgIpc) is 2.60. The number of thioether (sulfide) groups is 1. The number of hydrogen-bond acceptors (Lipinski definition) is 3. The number of anilines is 1. The van der Waals surface area contributed by atoms with E-state index in [1.54, 1.807) is 36.0 Å². The summed E-state index contributed by atoms with van der Waals surface area (Å²) in [4.78, 5) is 26.0. The van der Waals surface area contributed by atoms with Crippen LogP contribution < -0.4 is 10.6 Å². The topological polar surface area (TPSA) is 58.2 Å². The van der Waals surface area contributed by atoms with Crippen molar-refractivity contribution in [3.8, 4) is 0 Å². The van der Waals surface area contributed by atoms with E-state index in [0.717, 1.165) is 17.1 Å². The van der Waals surface area contributed by atoms with Crippen molar-refractivity contribution in [3.05, 3.63) is 59.7 Å². The molecule has 0 aliphatic carbocycles. The van der Waals surface area contributed by atoms with Crippen LogP contribution in [-0.2, 0) is 0 Å². The van der Waals surface area contributed by atoms with E-state index in [9.17, 15) is 9.59 Å². The lowest BCUT2D eigenvalue weighted by molar-refractivity contribution is 0.0944. The summed E-state index contributed by atoms with van der Waals surface area (Å²) in [6, 6.07) is 14.6. The van der Waals surface area contributed by atoms with Crippen molar-refractivity contribution < 1.29 is 9.59 Å². The molecule has 2 amide bonds. The number of para-hydroxylation sites is 1. The van der Waals surface area contributed by atoms with Gasteiger partial charge in [-0.3, -0.25) is 9.59 Å². The molecule has 0 aliphatic heterocycles. The molecule has 25 heavy (non-hydrogen) atoms. The van der Waals surface area contributed by atoms with Crippen LogP contribution in [0.3, 0.4) is 0 Å². The van der Waals surface area contributed by atoms with Crippen LogP contribution >= 0.6 is 11.8 Å². The van der Waals surface area contributed by atoms with Crippen LogP contribution in [0, 0.1) is 0 Å². The lowest BCUT2D eigenvalue weighted by atomic mass is 10.1. The maximum atomic E-state index is 12.7. The van der Waals surface area contributed by atoms with E-state index >= 15 is 0 Å². The summed E-state index contributed by atoms with van der Waals surface area (Å²) in [5.41, 5.74) is 1.60. The second kappa shape index (κ2) is 9.28. The number of benzene rings is 2. The maximum absolute atomic E-state index is 12.7. The van der Waals surface area contributed by atoms with Crippen LogP contribution in [0.1, 0.15) is 47.9 Å². The van der Waals surface area contributed by atoms with Gasteiger partial charge in [0, 0.05) is 10.9 Å². The first-order chi connectivity index (χ1) is 12.0. The average molecular weight is 356 g/mol. The zero-order chi connectivity index (χ0) is 18.2. The molecule has 0 atom stereocenters. The number of hydrogen-bond donors (Lipinski definition) is 2. The standard InChI is InChI=1S/C20H24N2O2S/c1-4-13-25-18-12-8-6-10-16(18)20(24)22-17-11-7-5-9-15(17)19(23)21-14(2)3/h5-12,14H,4,13H2,1-3H3,(H,21,23)(H,22,24). The third kappa shape index (κ3) is 5.36. The molecule has 0 bridgehead atoms. The SMILES string of the molecule is CCCSc1ccccc1C(=O)Nc1ccccc1C(=O)NC(C)C. The fraction of sp³-hybridized carbons (Fsp3) is 0.300. The lowest BCUT2D eigenvalue weighted by Crippen LogP contribution is -2.31. The first-order valence-electron chi connectivity index (χ1n) is 8.46. The summed E-state index contributed by atoms with van der Waals surface area (Å²) in [7, 11) is 0. The summed E-state index contributed by atoms with van der Waals surface area (Å²) >= 11 is 1.66. The molecule has 2 aromatic rings. The number of carbonyl (C=O) groups is 2. The van der Waals surface area contributed by atoms with Crippen molar-refractivity contribution in [2.45, 2.75) is 38.1 Å². The third-order valence-electron chi connectivity index (χ3n) is 3.43. The molecule has 0 aromatic heterocycles. The molecule has 0 unspecified atom stereocenters. The van der Waals surface area contributed by atoms with Gasteiger partial charge in [0.1, 0.15) is 0 Å². The number of amides is 2. The van der Waals surface area contributed by atoms with Crippen LogP contribution in [0.25, 0.3) is 0 Å². The normalized spacial score (nSPS) is 10.6. The van der Waals surface area contributed by atoms with Gasteiger partial charge in [-0.05, 0) is 50.3 Å². The Morgan fingerprint density at radius 3 is 2.28 bits per heavy atom. The zero-order valence-electron chi connectivity index (χ0n) is 14.8. The number of nitrogens with one attached hydrogen (secondary N) is 2. The highest BCUT2D eigenvalue weighted by Crippen LogP contribution is 2.25. The Bertz CT molecular complexity index is 744. The van der Waals surface area contributed by atoms with Crippen molar-refractivity contribution in [1.29, 1.82) is 0 Å². The minimum atomic E-state index is -0.205. The van der Waals surface area contributed by atoms with Gasteiger partial charge < -0.3 is 10.6 Å². The highest BCUT2D eigenvalue weighted by molar-refractivity contribution is 7.99. The minimum absolute atomic E-state index is 0.0300. The largest absolute Gasteiger partial charge is 0.350 e. The van der Waals surface area contributed by atoms with Crippen LogP contribution in [-0.4, -0.2) is 23.6 Å². The first-order valence-corrected chi connectivity index (χ1v) is 9.44. The Morgan fingerprint density at radius 2 is 1.60 bits per heavy atom. The molecule has 0 radical (unpaired) electrons. The van der Waals surface area contributed by atoms with Crippen molar-refractivity contribution in [1.82, 2.24) is 5.32 Å². The van der Waals surface area contributed by atoms with E-state index in [0.29, 0.717) is 16.8 Å². The zero-order valence-corrected chi connectivity index (χ0v) is 15.7. The first kappa shape index (κ1) is 19.1. The predicted molar refractivity (Wildman–Crippen MR) is 104 cm³/mol. The van der Waals surface area contributed by atoms with E-state index in [-0.39, 0.29) is 17.9 Å². The molecule has 2 aromatic carbocycles. The Labute approximate surface area is 153 Å². The summed E-state index contributed by atoms with van der Waals surface area (Å²) in [6.45, 7) is 5.92. The van der Waals surface area contributed by atoms with Crippen molar-refractivity contribution in [2.75, 3.05) is 11.1 Å². The second-order valence-electron chi connectivity index (χ2n) is 5.97. The molecule has 0 saturated heterocycles. The van der Waals surface area contributed by atoms with Gasteiger partial charge in [-0.1, -0.05) is 31.2 Å². The van der Waals surface area contributed by atoms with Gasteiger partial charge in [-0.15, -0.1) is 11.8 Å². The third-order valence-corrected chi connectivity index (χ3v) is 4.71. The molecular weight excluding hydrogens is 332 g/mol. The number of rotatable bonds is 7. The van der Waals surface area contributed by atoms with Crippen molar-refractivity contribution in [3.63, 3.8) is 0 Å². The molecule has 2 rings (SSSR count). The van der Waals surface area contributed by atoms with Crippen LogP contribution in [0.2, 0.25) is 0 Å². The Morgan fingerprint density at radius 1 is 0.960 bits per heavy atom. The molecule has 2 N–H and O–H groups in total. The molecule has 0 fully saturated rings. The molecule has 0 heterocycles.